The number of carbonyl (C=O) groups is 1. The molecule has 1 aromatic carbocycles. The monoisotopic (exact) mass is 537 g/mol. The first-order chi connectivity index (χ1) is 13.5. The van der Waals surface area contributed by atoms with Gasteiger partial charge >= 0.3 is 0 Å². The van der Waals surface area contributed by atoms with E-state index < -0.39 is 0 Å². The van der Waals surface area contributed by atoms with Gasteiger partial charge in [-0.05, 0) is 70.1 Å². The Hall–Kier alpha value is -1.06. The summed E-state index contributed by atoms with van der Waals surface area (Å²) in [4.78, 5) is 18.7. The SMILES string of the molecule is CCN(CC)CCCC(C)NC(=NC)NCCCC(=O)Nc1ccc(Cl)cc1.I. The summed E-state index contributed by atoms with van der Waals surface area (Å²) in [6.07, 6.45) is 3.45. The number of nitrogens with one attached hydrogen (secondary N) is 3. The molecule has 1 aromatic rings. The molecule has 1 atom stereocenters. The molecule has 29 heavy (non-hydrogen) atoms. The van der Waals surface area contributed by atoms with Gasteiger partial charge in [0, 0.05) is 36.8 Å². The number of carbonyl (C=O) groups excluding carboxylic acids is 1. The largest absolute Gasteiger partial charge is 0.356 e. The number of rotatable bonds is 12. The molecule has 1 amide bonds. The Bertz CT molecular complexity index is 593. The molecule has 0 aliphatic carbocycles. The molecule has 1 rings (SSSR count). The van der Waals surface area contributed by atoms with E-state index in [1.54, 1.807) is 31.3 Å². The van der Waals surface area contributed by atoms with Crippen LogP contribution in [0.4, 0.5) is 5.69 Å². The fourth-order valence-electron chi connectivity index (χ4n) is 2.87. The van der Waals surface area contributed by atoms with Crippen LogP contribution < -0.4 is 16.0 Å². The Morgan fingerprint density at radius 1 is 1.17 bits per heavy atom. The van der Waals surface area contributed by atoms with E-state index in [4.69, 9.17) is 11.6 Å². The topological polar surface area (TPSA) is 68.8 Å². The van der Waals surface area contributed by atoms with E-state index in [9.17, 15) is 4.79 Å². The van der Waals surface area contributed by atoms with Crippen molar-refractivity contribution >= 4 is 53.1 Å². The Labute approximate surface area is 198 Å². The van der Waals surface area contributed by atoms with Gasteiger partial charge in [0.2, 0.25) is 5.91 Å². The molecule has 0 spiro atoms. The Morgan fingerprint density at radius 2 is 1.83 bits per heavy atom. The summed E-state index contributed by atoms with van der Waals surface area (Å²) in [5.74, 6) is 0.783. The lowest BCUT2D eigenvalue weighted by molar-refractivity contribution is -0.116. The molecule has 166 valence electrons. The molecule has 6 nitrogen and oxygen atoms in total. The number of aliphatic imine (C=N–C) groups is 1. The highest BCUT2D eigenvalue weighted by Gasteiger charge is 2.07. The normalized spacial score (nSPS) is 12.3. The van der Waals surface area contributed by atoms with Gasteiger partial charge in [-0.3, -0.25) is 9.79 Å². The molecule has 0 bridgehead atoms. The third-order valence-electron chi connectivity index (χ3n) is 4.61. The van der Waals surface area contributed by atoms with Crippen LogP contribution in [0.25, 0.3) is 0 Å². The van der Waals surface area contributed by atoms with Crippen LogP contribution in [0.5, 0.6) is 0 Å². The predicted molar refractivity (Wildman–Crippen MR) is 136 cm³/mol. The summed E-state index contributed by atoms with van der Waals surface area (Å²) >= 11 is 5.84. The van der Waals surface area contributed by atoms with Crippen molar-refractivity contribution in [1.29, 1.82) is 0 Å². The van der Waals surface area contributed by atoms with Gasteiger partial charge in [-0.15, -0.1) is 24.0 Å². The zero-order valence-electron chi connectivity index (χ0n) is 18.1. The van der Waals surface area contributed by atoms with Gasteiger partial charge in [0.1, 0.15) is 0 Å². The maximum Gasteiger partial charge on any atom is 0.224 e. The van der Waals surface area contributed by atoms with Crippen LogP contribution in [0.3, 0.4) is 0 Å². The fraction of sp³-hybridized carbons (Fsp3) is 0.619. The van der Waals surface area contributed by atoms with E-state index in [1.807, 2.05) is 0 Å². The molecule has 3 N–H and O–H groups in total. The molecule has 8 heteroatoms. The Kier molecular flexibility index (Phi) is 16.1. The zero-order valence-corrected chi connectivity index (χ0v) is 21.2. The lowest BCUT2D eigenvalue weighted by atomic mass is 10.2. The van der Waals surface area contributed by atoms with Crippen LogP contribution >= 0.6 is 35.6 Å². The van der Waals surface area contributed by atoms with Gasteiger partial charge in [0.25, 0.3) is 0 Å². The lowest BCUT2D eigenvalue weighted by Crippen LogP contribution is -2.42. The molecular weight excluding hydrogens is 501 g/mol. The summed E-state index contributed by atoms with van der Waals surface area (Å²) < 4.78 is 0. The number of nitrogens with zero attached hydrogens (tertiary/aromatic N) is 2. The van der Waals surface area contributed by atoms with Crippen molar-refractivity contribution in [2.24, 2.45) is 4.99 Å². The number of benzene rings is 1. The number of amides is 1. The lowest BCUT2D eigenvalue weighted by Gasteiger charge is -2.21. The van der Waals surface area contributed by atoms with Crippen LogP contribution in [-0.2, 0) is 4.79 Å². The van der Waals surface area contributed by atoms with Gasteiger partial charge in [-0.2, -0.15) is 0 Å². The average molecular weight is 538 g/mol. The van der Waals surface area contributed by atoms with Crippen molar-refractivity contribution in [2.45, 2.75) is 52.5 Å². The van der Waals surface area contributed by atoms with E-state index in [-0.39, 0.29) is 29.9 Å². The Morgan fingerprint density at radius 3 is 2.41 bits per heavy atom. The van der Waals surface area contributed by atoms with Gasteiger partial charge in [-0.25, -0.2) is 0 Å². The highest BCUT2D eigenvalue weighted by Crippen LogP contribution is 2.13. The molecule has 0 fully saturated rings. The number of hydrogen-bond donors (Lipinski definition) is 3. The fourth-order valence-corrected chi connectivity index (χ4v) is 3.00. The standard InChI is InChI=1S/C21H36ClN5O.HI/c1-5-27(6-2)16-8-9-17(3)25-21(23-4)24-15-7-10-20(28)26-19-13-11-18(22)12-14-19;/h11-14,17H,5-10,15-16H2,1-4H3,(H,26,28)(H2,23,24,25);1H. The molecule has 1 unspecified atom stereocenters. The number of anilines is 1. The molecule has 0 aliphatic rings. The van der Waals surface area contributed by atoms with Crippen molar-refractivity contribution in [2.75, 3.05) is 38.5 Å². The van der Waals surface area contributed by atoms with E-state index in [0.29, 0.717) is 24.0 Å². The number of halogens is 2. The Balaban J connectivity index is 0.00000784. The van der Waals surface area contributed by atoms with E-state index in [1.165, 1.54) is 0 Å². The van der Waals surface area contributed by atoms with Gasteiger partial charge in [0.05, 0.1) is 0 Å². The van der Waals surface area contributed by atoms with E-state index >= 15 is 0 Å². The molecule has 0 radical (unpaired) electrons. The van der Waals surface area contributed by atoms with Crippen molar-refractivity contribution in [3.8, 4) is 0 Å². The average Bonchev–Trinajstić information content (AvgIpc) is 2.69. The van der Waals surface area contributed by atoms with E-state index in [0.717, 1.165) is 50.5 Å². The molecule has 0 heterocycles. The van der Waals surface area contributed by atoms with Crippen LogP contribution in [0, 0.1) is 0 Å². The second kappa shape index (κ2) is 16.7. The smallest absolute Gasteiger partial charge is 0.224 e. The van der Waals surface area contributed by atoms with Crippen molar-refractivity contribution in [3.05, 3.63) is 29.3 Å². The number of hydrogen-bond acceptors (Lipinski definition) is 3. The summed E-state index contributed by atoms with van der Waals surface area (Å²) in [6, 6.07) is 7.47. The highest BCUT2D eigenvalue weighted by atomic mass is 127. The summed E-state index contributed by atoms with van der Waals surface area (Å²) in [6.45, 7) is 10.6. The first-order valence-corrected chi connectivity index (χ1v) is 10.6. The predicted octanol–water partition coefficient (Wildman–Crippen LogP) is 4.35. The minimum absolute atomic E-state index is 0. The molecular formula is C21H37ClIN5O. The van der Waals surface area contributed by atoms with Crippen molar-refractivity contribution in [3.63, 3.8) is 0 Å². The van der Waals surface area contributed by atoms with Gasteiger partial charge < -0.3 is 20.9 Å². The molecule has 0 aromatic heterocycles. The molecule has 0 aliphatic heterocycles. The summed E-state index contributed by atoms with van der Waals surface area (Å²) in [5.41, 5.74) is 0.762. The summed E-state index contributed by atoms with van der Waals surface area (Å²) in [5, 5.41) is 10.2. The summed E-state index contributed by atoms with van der Waals surface area (Å²) in [7, 11) is 1.77. The second-order valence-corrected chi connectivity index (χ2v) is 7.31. The van der Waals surface area contributed by atoms with Crippen LogP contribution in [0.2, 0.25) is 5.02 Å². The zero-order chi connectivity index (χ0) is 20.8. The quantitative estimate of drug-likeness (QED) is 0.160. The van der Waals surface area contributed by atoms with Crippen molar-refractivity contribution < 1.29 is 4.79 Å². The van der Waals surface area contributed by atoms with Crippen LogP contribution in [0.1, 0.15) is 46.5 Å². The second-order valence-electron chi connectivity index (χ2n) is 6.87. The number of guanidine groups is 1. The molecule has 0 saturated heterocycles. The van der Waals surface area contributed by atoms with Crippen LogP contribution in [0.15, 0.2) is 29.3 Å². The highest BCUT2D eigenvalue weighted by molar-refractivity contribution is 14.0. The van der Waals surface area contributed by atoms with E-state index in [2.05, 4.69) is 46.6 Å². The van der Waals surface area contributed by atoms with Gasteiger partial charge in [-0.1, -0.05) is 25.4 Å². The molecule has 0 saturated carbocycles. The third kappa shape index (κ3) is 13.0. The minimum atomic E-state index is -0.00293. The first-order valence-electron chi connectivity index (χ1n) is 10.2. The maximum atomic E-state index is 12.0. The maximum absolute atomic E-state index is 12.0. The van der Waals surface area contributed by atoms with Crippen LogP contribution in [-0.4, -0.2) is 56.0 Å². The van der Waals surface area contributed by atoms with Gasteiger partial charge in [0.15, 0.2) is 5.96 Å². The third-order valence-corrected chi connectivity index (χ3v) is 4.87. The first kappa shape index (κ1) is 27.9. The van der Waals surface area contributed by atoms with Crippen molar-refractivity contribution in [1.82, 2.24) is 15.5 Å². The minimum Gasteiger partial charge on any atom is -0.356 e.